The zero-order valence-electron chi connectivity index (χ0n) is 25.4. The molecule has 2 saturated heterocycles. The summed E-state index contributed by atoms with van der Waals surface area (Å²) in [6.45, 7) is 5.30. The Labute approximate surface area is 258 Å². The van der Waals surface area contributed by atoms with Crippen LogP contribution in [0.2, 0.25) is 0 Å². The van der Waals surface area contributed by atoms with Crippen molar-refractivity contribution in [1.82, 2.24) is 29.9 Å². The van der Waals surface area contributed by atoms with Gasteiger partial charge in [-0.2, -0.15) is 5.10 Å². The molecule has 2 amide bonds. The Morgan fingerprint density at radius 2 is 1.86 bits per heavy atom. The summed E-state index contributed by atoms with van der Waals surface area (Å²) in [6.07, 6.45) is 7.36. The van der Waals surface area contributed by atoms with Gasteiger partial charge in [-0.25, -0.2) is 4.68 Å². The molecule has 1 unspecified atom stereocenters. The molecule has 4 heterocycles. The van der Waals surface area contributed by atoms with Gasteiger partial charge < -0.3 is 19.9 Å². The van der Waals surface area contributed by atoms with Crippen molar-refractivity contribution in [2.75, 3.05) is 57.8 Å². The summed E-state index contributed by atoms with van der Waals surface area (Å²) in [5, 5.41) is 9.14. The summed E-state index contributed by atoms with van der Waals surface area (Å²) < 4.78 is 7.67. The number of anilines is 1. The average Bonchev–Trinajstić information content (AvgIpc) is 3.64. The van der Waals surface area contributed by atoms with E-state index < -0.39 is 0 Å². The first kappa shape index (κ1) is 29.6. The van der Waals surface area contributed by atoms with Crippen LogP contribution in [0.5, 0.6) is 5.75 Å². The number of para-hydroxylation sites is 1. The van der Waals surface area contributed by atoms with Crippen LogP contribution in [0.15, 0.2) is 73.1 Å². The molecule has 2 aromatic carbocycles. The lowest BCUT2D eigenvalue weighted by Crippen LogP contribution is -2.37. The molecule has 10 nitrogen and oxygen atoms in total. The summed E-state index contributed by atoms with van der Waals surface area (Å²) in [7, 11) is 1.71. The van der Waals surface area contributed by atoms with E-state index >= 15 is 0 Å². The Morgan fingerprint density at radius 3 is 2.68 bits per heavy atom. The Balaban J connectivity index is 1.18. The standard InChI is InChI=1S/C34H41N7O3/c1-44-30-14-13-26-9-5-16-36-33(26)34(30)40-21-8-20-38(23-24-40)29(28-15-22-41(37-28)27-10-3-2-4-11-27)25-31(42)35-17-7-19-39-18-6-12-32(39)43/h2-5,9-11,13-16,22,29H,6-8,12,17-21,23-25H2,1H3,(H,35,42). The van der Waals surface area contributed by atoms with Gasteiger partial charge in [0.15, 0.2) is 0 Å². The highest BCUT2D eigenvalue weighted by Gasteiger charge is 2.29. The fraction of sp³-hybridized carbons (Fsp3) is 0.412. The van der Waals surface area contributed by atoms with E-state index in [0.717, 1.165) is 85.7 Å². The lowest BCUT2D eigenvalue weighted by Gasteiger charge is -2.30. The second-order valence-corrected chi connectivity index (χ2v) is 11.5. The second-order valence-electron chi connectivity index (χ2n) is 11.5. The lowest BCUT2D eigenvalue weighted by molar-refractivity contribution is -0.127. The minimum absolute atomic E-state index is 0.00182. The number of carbonyl (C=O) groups is 2. The normalized spacial score (nSPS) is 16.7. The van der Waals surface area contributed by atoms with E-state index in [9.17, 15) is 9.59 Å². The third kappa shape index (κ3) is 6.70. The van der Waals surface area contributed by atoms with E-state index in [0.29, 0.717) is 25.9 Å². The monoisotopic (exact) mass is 595 g/mol. The van der Waals surface area contributed by atoms with Crippen LogP contribution >= 0.6 is 0 Å². The number of benzene rings is 2. The molecule has 0 radical (unpaired) electrons. The van der Waals surface area contributed by atoms with Crippen molar-refractivity contribution in [2.24, 2.45) is 0 Å². The van der Waals surface area contributed by atoms with E-state index in [1.54, 1.807) is 7.11 Å². The van der Waals surface area contributed by atoms with Crippen molar-refractivity contribution in [3.8, 4) is 11.4 Å². The molecule has 6 rings (SSSR count). The molecule has 2 aliphatic heterocycles. The first-order valence-electron chi connectivity index (χ1n) is 15.7. The van der Waals surface area contributed by atoms with Crippen LogP contribution < -0.4 is 15.0 Å². The van der Waals surface area contributed by atoms with Gasteiger partial charge in [-0.15, -0.1) is 0 Å². The zero-order valence-corrected chi connectivity index (χ0v) is 25.4. The van der Waals surface area contributed by atoms with Crippen molar-refractivity contribution in [1.29, 1.82) is 0 Å². The molecule has 0 spiro atoms. The van der Waals surface area contributed by atoms with Gasteiger partial charge >= 0.3 is 0 Å². The number of nitrogens with zero attached hydrogens (tertiary/aromatic N) is 6. The molecule has 2 aliphatic rings. The molecule has 1 atom stereocenters. The number of aromatic nitrogens is 3. The molecule has 2 fully saturated rings. The fourth-order valence-corrected chi connectivity index (χ4v) is 6.40. The third-order valence-electron chi connectivity index (χ3n) is 8.67. The van der Waals surface area contributed by atoms with Crippen molar-refractivity contribution < 1.29 is 14.3 Å². The van der Waals surface area contributed by atoms with Crippen LogP contribution in [0.25, 0.3) is 16.6 Å². The zero-order chi connectivity index (χ0) is 30.3. The summed E-state index contributed by atoms with van der Waals surface area (Å²) in [5.74, 6) is 1.04. The second kappa shape index (κ2) is 13.9. The van der Waals surface area contributed by atoms with E-state index in [1.165, 1.54) is 0 Å². The van der Waals surface area contributed by atoms with Crippen LogP contribution in [-0.2, 0) is 9.59 Å². The molecular weight excluding hydrogens is 554 g/mol. The van der Waals surface area contributed by atoms with E-state index in [4.69, 9.17) is 14.8 Å². The Morgan fingerprint density at radius 1 is 0.977 bits per heavy atom. The molecule has 0 bridgehead atoms. The van der Waals surface area contributed by atoms with Gasteiger partial charge in [0.2, 0.25) is 11.8 Å². The van der Waals surface area contributed by atoms with Crippen LogP contribution in [0.3, 0.4) is 0 Å². The molecule has 44 heavy (non-hydrogen) atoms. The van der Waals surface area contributed by atoms with Crippen LogP contribution in [-0.4, -0.2) is 89.3 Å². The maximum Gasteiger partial charge on any atom is 0.222 e. The Bertz CT molecular complexity index is 1570. The van der Waals surface area contributed by atoms with Gasteiger partial charge in [0.05, 0.1) is 30.0 Å². The Hall–Kier alpha value is -4.44. The largest absolute Gasteiger partial charge is 0.494 e. The van der Waals surface area contributed by atoms with E-state index in [2.05, 4.69) is 27.2 Å². The number of pyridine rings is 1. The Kier molecular flexibility index (Phi) is 9.36. The molecular formula is C34H41N7O3. The number of fused-ring (bicyclic) bond motifs is 1. The molecule has 4 aromatic rings. The summed E-state index contributed by atoms with van der Waals surface area (Å²) >= 11 is 0. The average molecular weight is 596 g/mol. The smallest absolute Gasteiger partial charge is 0.222 e. The number of hydrogen-bond donors (Lipinski definition) is 1. The van der Waals surface area contributed by atoms with Crippen molar-refractivity contribution in [2.45, 2.75) is 38.1 Å². The molecule has 10 heteroatoms. The van der Waals surface area contributed by atoms with Gasteiger partial charge in [0.1, 0.15) is 11.4 Å². The molecule has 1 N–H and O–H groups in total. The van der Waals surface area contributed by atoms with Gasteiger partial charge in [0.25, 0.3) is 0 Å². The van der Waals surface area contributed by atoms with Crippen LogP contribution in [0, 0.1) is 0 Å². The van der Waals surface area contributed by atoms with Crippen molar-refractivity contribution in [3.63, 3.8) is 0 Å². The maximum absolute atomic E-state index is 13.3. The first-order valence-corrected chi connectivity index (χ1v) is 15.7. The van der Waals surface area contributed by atoms with E-state index in [1.807, 2.05) is 70.5 Å². The molecule has 0 aliphatic carbocycles. The molecule has 230 valence electrons. The number of methoxy groups -OCH3 is 1. The number of nitrogens with one attached hydrogen (secondary N) is 1. The van der Waals surface area contributed by atoms with Gasteiger partial charge in [-0.3, -0.25) is 19.5 Å². The topological polar surface area (TPSA) is 95.8 Å². The van der Waals surface area contributed by atoms with Crippen LogP contribution in [0.1, 0.15) is 43.8 Å². The minimum atomic E-state index is -0.174. The molecule has 2 aromatic heterocycles. The highest BCUT2D eigenvalue weighted by molar-refractivity contribution is 5.94. The van der Waals surface area contributed by atoms with Gasteiger partial charge in [-0.1, -0.05) is 24.3 Å². The number of hydrogen-bond acceptors (Lipinski definition) is 7. The third-order valence-corrected chi connectivity index (χ3v) is 8.67. The lowest BCUT2D eigenvalue weighted by atomic mass is 10.1. The van der Waals surface area contributed by atoms with Crippen molar-refractivity contribution in [3.05, 3.63) is 78.8 Å². The highest BCUT2D eigenvalue weighted by atomic mass is 16.5. The number of ether oxygens (including phenoxy) is 1. The number of rotatable bonds is 11. The highest BCUT2D eigenvalue weighted by Crippen LogP contribution is 2.36. The first-order chi connectivity index (χ1) is 21.6. The summed E-state index contributed by atoms with van der Waals surface area (Å²) in [5.41, 5.74) is 3.82. The number of carbonyl (C=O) groups excluding carboxylic acids is 2. The predicted molar refractivity (Wildman–Crippen MR) is 171 cm³/mol. The van der Waals surface area contributed by atoms with Gasteiger partial charge in [0, 0.05) is 76.4 Å². The summed E-state index contributed by atoms with van der Waals surface area (Å²) in [4.78, 5) is 36.6. The van der Waals surface area contributed by atoms with Gasteiger partial charge in [-0.05, 0) is 55.7 Å². The number of amides is 2. The maximum atomic E-state index is 13.3. The van der Waals surface area contributed by atoms with E-state index in [-0.39, 0.29) is 17.9 Å². The summed E-state index contributed by atoms with van der Waals surface area (Å²) in [6, 6.07) is 20.0. The molecule has 0 saturated carbocycles. The SMILES string of the molecule is COc1ccc2cccnc2c1N1CCCN(C(CC(=O)NCCCN2CCCC2=O)c2ccn(-c3ccccc3)n2)CC1. The van der Waals surface area contributed by atoms with Crippen molar-refractivity contribution >= 4 is 28.4 Å². The number of likely N-dealkylation sites (tertiary alicyclic amines) is 1. The van der Waals surface area contributed by atoms with Crippen LogP contribution in [0.4, 0.5) is 5.69 Å². The predicted octanol–water partition coefficient (Wildman–Crippen LogP) is 4.20. The fourth-order valence-electron chi connectivity index (χ4n) is 6.40. The quantitative estimate of drug-likeness (QED) is 0.260. The minimum Gasteiger partial charge on any atom is -0.494 e.